The topological polar surface area (TPSA) is 73.1 Å². The first-order valence-corrected chi connectivity index (χ1v) is 7.75. The zero-order chi connectivity index (χ0) is 16.1. The van der Waals surface area contributed by atoms with Gasteiger partial charge in [0.2, 0.25) is 0 Å². The number of carbonyl (C=O) groups is 1. The summed E-state index contributed by atoms with van der Waals surface area (Å²) in [6.45, 7) is 0. The molecule has 2 aromatic rings. The highest BCUT2D eigenvalue weighted by atomic mass is 79.9. The standard InChI is InChI=1S/C16H10Br2N2O2/c17-12-1-4-14(5-2-12)20-16(22)11(9-19)7-10-8-13(18)3-6-15(10)21/h1-8,21H,(H,20,22)/b11-7-. The van der Waals surface area contributed by atoms with Gasteiger partial charge in [0.1, 0.15) is 17.4 Å². The second-order valence-electron chi connectivity index (χ2n) is 4.33. The molecule has 0 heterocycles. The van der Waals surface area contributed by atoms with Gasteiger partial charge in [-0.25, -0.2) is 0 Å². The first kappa shape index (κ1) is 16.3. The highest BCUT2D eigenvalue weighted by Gasteiger charge is 2.11. The van der Waals surface area contributed by atoms with E-state index in [1.165, 1.54) is 12.1 Å². The number of phenols is 1. The van der Waals surface area contributed by atoms with Crippen LogP contribution in [0.5, 0.6) is 5.75 Å². The van der Waals surface area contributed by atoms with Crippen LogP contribution in [0.4, 0.5) is 5.69 Å². The Morgan fingerprint density at radius 1 is 1.14 bits per heavy atom. The van der Waals surface area contributed by atoms with Gasteiger partial charge < -0.3 is 10.4 Å². The number of carbonyl (C=O) groups excluding carboxylic acids is 1. The van der Waals surface area contributed by atoms with E-state index < -0.39 is 5.91 Å². The van der Waals surface area contributed by atoms with E-state index in [0.717, 1.165) is 8.95 Å². The summed E-state index contributed by atoms with van der Waals surface area (Å²) in [5.41, 5.74) is 0.862. The lowest BCUT2D eigenvalue weighted by Crippen LogP contribution is -2.13. The highest BCUT2D eigenvalue weighted by molar-refractivity contribution is 9.10. The Bertz CT molecular complexity index is 778. The minimum atomic E-state index is -0.538. The molecule has 0 aliphatic heterocycles. The Morgan fingerprint density at radius 3 is 2.41 bits per heavy atom. The van der Waals surface area contributed by atoms with E-state index >= 15 is 0 Å². The highest BCUT2D eigenvalue weighted by Crippen LogP contribution is 2.24. The SMILES string of the molecule is N#C/C(=C/c1cc(Br)ccc1O)C(=O)Nc1ccc(Br)cc1. The van der Waals surface area contributed by atoms with Crippen molar-refractivity contribution in [3.63, 3.8) is 0 Å². The summed E-state index contributed by atoms with van der Waals surface area (Å²) in [7, 11) is 0. The smallest absolute Gasteiger partial charge is 0.266 e. The van der Waals surface area contributed by atoms with E-state index in [-0.39, 0.29) is 11.3 Å². The van der Waals surface area contributed by atoms with E-state index in [1.54, 1.807) is 36.4 Å². The van der Waals surface area contributed by atoms with Gasteiger partial charge in [0, 0.05) is 20.2 Å². The molecule has 6 heteroatoms. The molecular formula is C16H10Br2N2O2. The molecule has 0 saturated carbocycles. The number of benzene rings is 2. The normalized spacial score (nSPS) is 10.9. The molecule has 0 saturated heterocycles. The number of amides is 1. The molecule has 0 atom stereocenters. The van der Waals surface area contributed by atoms with E-state index in [9.17, 15) is 9.90 Å². The first-order chi connectivity index (χ1) is 10.5. The second kappa shape index (κ2) is 7.25. The minimum Gasteiger partial charge on any atom is -0.507 e. The summed E-state index contributed by atoms with van der Waals surface area (Å²) in [6.07, 6.45) is 1.34. The van der Waals surface area contributed by atoms with Crippen LogP contribution in [0.25, 0.3) is 6.08 Å². The third kappa shape index (κ3) is 4.20. The lowest BCUT2D eigenvalue weighted by atomic mass is 10.1. The van der Waals surface area contributed by atoms with Crippen molar-refractivity contribution in [3.8, 4) is 11.8 Å². The lowest BCUT2D eigenvalue weighted by molar-refractivity contribution is -0.112. The van der Waals surface area contributed by atoms with Crippen LogP contribution in [0, 0.1) is 11.3 Å². The Balaban J connectivity index is 2.25. The molecule has 2 rings (SSSR count). The Hall–Kier alpha value is -2.10. The summed E-state index contributed by atoms with van der Waals surface area (Å²) < 4.78 is 1.63. The average molecular weight is 422 g/mol. The molecule has 2 aromatic carbocycles. The third-order valence-corrected chi connectivity index (χ3v) is 3.78. The fourth-order valence-electron chi connectivity index (χ4n) is 1.68. The molecule has 22 heavy (non-hydrogen) atoms. The number of phenolic OH excluding ortho intramolecular Hbond substituents is 1. The van der Waals surface area contributed by atoms with Gasteiger partial charge in [0.15, 0.2) is 0 Å². The van der Waals surface area contributed by atoms with Crippen LogP contribution in [0.2, 0.25) is 0 Å². The Morgan fingerprint density at radius 2 is 1.77 bits per heavy atom. The van der Waals surface area contributed by atoms with E-state index in [2.05, 4.69) is 37.2 Å². The van der Waals surface area contributed by atoms with Crippen molar-refractivity contribution in [1.29, 1.82) is 5.26 Å². The van der Waals surface area contributed by atoms with Crippen LogP contribution in [0.15, 0.2) is 57.0 Å². The van der Waals surface area contributed by atoms with Crippen molar-refractivity contribution in [3.05, 3.63) is 62.5 Å². The first-order valence-electron chi connectivity index (χ1n) is 6.17. The maximum atomic E-state index is 12.1. The number of aromatic hydroxyl groups is 1. The minimum absolute atomic E-state index is 0.00704. The molecule has 0 unspecified atom stereocenters. The van der Waals surface area contributed by atoms with Crippen LogP contribution >= 0.6 is 31.9 Å². The van der Waals surface area contributed by atoms with Crippen molar-refractivity contribution in [1.82, 2.24) is 0 Å². The van der Waals surface area contributed by atoms with Gasteiger partial charge in [0.25, 0.3) is 5.91 Å². The fraction of sp³-hybridized carbons (Fsp3) is 0. The van der Waals surface area contributed by atoms with Crippen molar-refractivity contribution in [2.45, 2.75) is 0 Å². The summed E-state index contributed by atoms with van der Waals surface area (Å²) in [5.74, 6) is -0.545. The summed E-state index contributed by atoms with van der Waals surface area (Å²) >= 11 is 6.58. The number of nitrogens with zero attached hydrogens (tertiary/aromatic N) is 1. The quantitative estimate of drug-likeness (QED) is 0.567. The van der Waals surface area contributed by atoms with Crippen molar-refractivity contribution >= 4 is 49.5 Å². The molecule has 0 aromatic heterocycles. The van der Waals surface area contributed by atoms with Crippen LogP contribution in [0.3, 0.4) is 0 Å². The molecule has 0 fully saturated rings. The van der Waals surface area contributed by atoms with E-state index in [4.69, 9.17) is 5.26 Å². The van der Waals surface area contributed by atoms with Crippen LogP contribution < -0.4 is 5.32 Å². The van der Waals surface area contributed by atoms with Crippen LogP contribution in [-0.2, 0) is 4.79 Å². The summed E-state index contributed by atoms with van der Waals surface area (Å²) in [4.78, 5) is 12.1. The number of nitrogens with one attached hydrogen (secondary N) is 1. The van der Waals surface area contributed by atoms with Crippen molar-refractivity contribution < 1.29 is 9.90 Å². The average Bonchev–Trinajstić information content (AvgIpc) is 2.50. The lowest BCUT2D eigenvalue weighted by Gasteiger charge is -2.05. The molecule has 0 aliphatic rings. The molecule has 110 valence electrons. The number of rotatable bonds is 3. The van der Waals surface area contributed by atoms with Crippen LogP contribution in [0.1, 0.15) is 5.56 Å². The molecule has 1 amide bonds. The molecular weight excluding hydrogens is 412 g/mol. The van der Waals surface area contributed by atoms with E-state index in [1.807, 2.05) is 6.07 Å². The number of halogens is 2. The van der Waals surface area contributed by atoms with Crippen molar-refractivity contribution in [2.75, 3.05) is 5.32 Å². The molecule has 0 bridgehead atoms. The third-order valence-electron chi connectivity index (χ3n) is 2.76. The van der Waals surface area contributed by atoms with Gasteiger partial charge in [-0.3, -0.25) is 4.79 Å². The molecule has 0 spiro atoms. The molecule has 2 N–H and O–H groups in total. The summed E-state index contributed by atoms with van der Waals surface area (Å²) in [5, 5.41) is 21.6. The molecule has 0 radical (unpaired) electrons. The summed E-state index contributed by atoms with van der Waals surface area (Å²) in [6, 6.07) is 13.6. The number of anilines is 1. The van der Waals surface area contributed by atoms with Gasteiger partial charge in [0.05, 0.1) is 0 Å². The zero-order valence-electron chi connectivity index (χ0n) is 11.2. The monoisotopic (exact) mass is 420 g/mol. The largest absolute Gasteiger partial charge is 0.507 e. The number of hydrogen-bond donors (Lipinski definition) is 2. The number of hydrogen-bond acceptors (Lipinski definition) is 3. The van der Waals surface area contributed by atoms with Crippen LogP contribution in [-0.4, -0.2) is 11.0 Å². The Kier molecular flexibility index (Phi) is 5.36. The maximum absolute atomic E-state index is 12.1. The van der Waals surface area contributed by atoms with Gasteiger partial charge >= 0.3 is 0 Å². The van der Waals surface area contributed by atoms with Crippen molar-refractivity contribution in [2.24, 2.45) is 0 Å². The molecule has 4 nitrogen and oxygen atoms in total. The Labute approximate surface area is 144 Å². The fourth-order valence-corrected chi connectivity index (χ4v) is 2.32. The van der Waals surface area contributed by atoms with Gasteiger partial charge in [-0.2, -0.15) is 5.26 Å². The van der Waals surface area contributed by atoms with E-state index in [0.29, 0.717) is 11.3 Å². The zero-order valence-corrected chi connectivity index (χ0v) is 14.3. The van der Waals surface area contributed by atoms with Gasteiger partial charge in [-0.05, 0) is 48.5 Å². The van der Waals surface area contributed by atoms with Gasteiger partial charge in [-0.15, -0.1) is 0 Å². The predicted molar refractivity (Wildman–Crippen MR) is 92.2 cm³/mol. The van der Waals surface area contributed by atoms with Gasteiger partial charge in [-0.1, -0.05) is 31.9 Å². The second-order valence-corrected chi connectivity index (χ2v) is 6.17. The molecule has 0 aliphatic carbocycles. The maximum Gasteiger partial charge on any atom is 0.266 e. The number of nitriles is 1. The predicted octanol–water partition coefficient (Wildman–Crippen LogP) is 4.46.